The summed E-state index contributed by atoms with van der Waals surface area (Å²) in [5.74, 6) is 0.291. The molecule has 8 aromatic carbocycles. The summed E-state index contributed by atoms with van der Waals surface area (Å²) >= 11 is 0. The van der Waals surface area contributed by atoms with Gasteiger partial charge in [-0.3, -0.25) is 0 Å². The Balaban J connectivity index is 0.981. The van der Waals surface area contributed by atoms with Gasteiger partial charge in [0.1, 0.15) is 0 Å². The summed E-state index contributed by atoms with van der Waals surface area (Å²) in [4.78, 5) is 5.32. The zero-order valence-electron chi connectivity index (χ0n) is 38.9. The first kappa shape index (κ1) is 41.1. The maximum absolute atomic E-state index is 2.70. The molecule has 2 heteroatoms. The fourth-order valence-electron chi connectivity index (χ4n) is 11.8. The highest BCUT2D eigenvalue weighted by Gasteiger charge is 2.46. The first-order valence-electron chi connectivity index (χ1n) is 24.0. The van der Waals surface area contributed by atoms with E-state index in [0.717, 1.165) is 32.1 Å². The van der Waals surface area contributed by atoms with Crippen LogP contribution in [-0.4, -0.2) is 5.54 Å². The minimum atomic E-state index is -0.344. The Kier molecular flexibility index (Phi) is 9.99. The molecule has 3 aliphatic rings. The highest BCUT2D eigenvalue weighted by Crippen LogP contribution is 2.56. The SMILES string of the molecule is CCC(C)(c1ccc2c(c1)C(C)(C)C1=C2C=CC(C(C)(CC)N(c2ccc3c(c2)CCC=C3)c2ccc3ccccc3c2)C1)N(c1ccc2ccccc2c1)c1ccc2ccccc2c1. The van der Waals surface area contributed by atoms with E-state index in [1.54, 1.807) is 5.57 Å². The molecule has 0 saturated carbocycles. The minimum Gasteiger partial charge on any atom is -0.335 e. The van der Waals surface area contributed by atoms with Gasteiger partial charge in [0.15, 0.2) is 0 Å². The van der Waals surface area contributed by atoms with Crippen LogP contribution in [0.1, 0.15) is 95.0 Å². The second-order valence-corrected chi connectivity index (χ2v) is 19.9. The van der Waals surface area contributed by atoms with Gasteiger partial charge in [-0.2, -0.15) is 0 Å². The lowest BCUT2D eigenvalue weighted by molar-refractivity contribution is 0.321. The van der Waals surface area contributed by atoms with Gasteiger partial charge >= 0.3 is 0 Å². The van der Waals surface area contributed by atoms with Gasteiger partial charge in [-0.25, -0.2) is 0 Å². The summed E-state index contributed by atoms with van der Waals surface area (Å²) in [7, 11) is 0. The highest BCUT2D eigenvalue weighted by molar-refractivity contribution is 5.92. The summed E-state index contributed by atoms with van der Waals surface area (Å²) in [6.07, 6.45) is 14.8. The Labute approximate surface area is 386 Å². The molecule has 0 N–H and O–H groups in total. The van der Waals surface area contributed by atoms with Crippen LogP contribution in [0.25, 0.3) is 44.0 Å². The van der Waals surface area contributed by atoms with Gasteiger partial charge < -0.3 is 9.80 Å². The van der Waals surface area contributed by atoms with Crippen molar-refractivity contribution in [1.29, 1.82) is 0 Å². The van der Waals surface area contributed by atoms with Gasteiger partial charge in [-0.05, 0) is 160 Å². The van der Waals surface area contributed by atoms with Gasteiger partial charge in [0, 0.05) is 39.6 Å². The van der Waals surface area contributed by atoms with Crippen LogP contribution in [0.4, 0.5) is 22.7 Å². The van der Waals surface area contributed by atoms with E-state index < -0.39 is 0 Å². The zero-order valence-corrected chi connectivity index (χ0v) is 38.9. The quantitative estimate of drug-likeness (QED) is 0.135. The molecule has 0 aliphatic heterocycles. The molecular formula is C63H60N2. The van der Waals surface area contributed by atoms with Crippen molar-refractivity contribution in [1.82, 2.24) is 0 Å². The van der Waals surface area contributed by atoms with E-state index in [2.05, 4.69) is 239 Å². The standard InChI is InChI=1S/C63H60N2/c1-7-62(5,64(53-31-25-43-17-9-13-21-47(43)37-53)54-32-26-44-18-10-14-22-48(44)38-54)51-29-35-57-58-36-30-52(42-60(58)61(3,4)59(57)41-51)63(6,8-2)65(55-33-27-45-19-11-15-23-49(45)39-55)56-34-28-46-20-12-16-24-50(46)40-56/h9-15,17-23,25-41,52H,7-8,16,24,42H2,1-6H3. The number of nitrogens with zero attached hydrogens (tertiary/aromatic N) is 2. The van der Waals surface area contributed by atoms with Gasteiger partial charge in [0.2, 0.25) is 0 Å². The van der Waals surface area contributed by atoms with Gasteiger partial charge in [0.05, 0.1) is 5.54 Å². The molecule has 0 aromatic heterocycles. The van der Waals surface area contributed by atoms with E-state index in [0.29, 0.717) is 5.92 Å². The zero-order chi connectivity index (χ0) is 44.5. The van der Waals surface area contributed by atoms with Crippen molar-refractivity contribution in [2.75, 3.05) is 9.80 Å². The molecule has 3 atom stereocenters. The number of allylic oxidation sites excluding steroid dienone is 4. The summed E-state index contributed by atoms with van der Waals surface area (Å²) in [5.41, 5.74) is 14.2. The Morgan fingerprint density at radius 1 is 0.554 bits per heavy atom. The number of benzene rings is 8. The predicted octanol–water partition coefficient (Wildman–Crippen LogP) is 17.2. The van der Waals surface area contributed by atoms with Crippen molar-refractivity contribution in [2.24, 2.45) is 5.92 Å². The maximum Gasteiger partial charge on any atom is 0.0671 e. The van der Waals surface area contributed by atoms with E-state index in [1.165, 1.54) is 88.5 Å². The van der Waals surface area contributed by atoms with Crippen LogP contribution < -0.4 is 9.80 Å². The smallest absolute Gasteiger partial charge is 0.0671 e. The van der Waals surface area contributed by atoms with E-state index in [4.69, 9.17) is 0 Å². The third-order valence-corrected chi connectivity index (χ3v) is 16.0. The lowest BCUT2D eigenvalue weighted by Gasteiger charge is -2.49. The Bertz CT molecular complexity index is 3170. The molecule has 0 amide bonds. The monoisotopic (exact) mass is 844 g/mol. The lowest BCUT2D eigenvalue weighted by atomic mass is 9.69. The van der Waals surface area contributed by atoms with Crippen molar-refractivity contribution in [3.8, 4) is 0 Å². The molecule has 0 bridgehead atoms. The molecule has 11 rings (SSSR count). The van der Waals surface area contributed by atoms with E-state index in [9.17, 15) is 0 Å². The average Bonchev–Trinajstić information content (AvgIpc) is 3.58. The summed E-state index contributed by atoms with van der Waals surface area (Å²) < 4.78 is 0. The first-order chi connectivity index (χ1) is 31.6. The van der Waals surface area contributed by atoms with Crippen LogP contribution >= 0.6 is 0 Å². The van der Waals surface area contributed by atoms with Gasteiger partial charge in [0.25, 0.3) is 0 Å². The second-order valence-electron chi connectivity index (χ2n) is 19.9. The third-order valence-electron chi connectivity index (χ3n) is 16.0. The number of rotatable bonds is 10. The average molecular weight is 845 g/mol. The van der Waals surface area contributed by atoms with Crippen molar-refractivity contribution < 1.29 is 0 Å². The topological polar surface area (TPSA) is 6.48 Å². The number of hydrogen-bond acceptors (Lipinski definition) is 2. The molecule has 8 aromatic rings. The van der Waals surface area contributed by atoms with Crippen LogP contribution in [0, 0.1) is 5.92 Å². The Morgan fingerprint density at radius 2 is 1.09 bits per heavy atom. The fourth-order valence-corrected chi connectivity index (χ4v) is 11.8. The molecule has 65 heavy (non-hydrogen) atoms. The van der Waals surface area contributed by atoms with E-state index in [-0.39, 0.29) is 16.5 Å². The first-order valence-corrected chi connectivity index (χ1v) is 24.0. The largest absolute Gasteiger partial charge is 0.335 e. The van der Waals surface area contributed by atoms with Gasteiger partial charge in [-0.15, -0.1) is 0 Å². The number of anilines is 4. The normalized spacial score (nSPS) is 18.0. The van der Waals surface area contributed by atoms with E-state index >= 15 is 0 Å². The molecule has 3 aliphatic carbocycles. The molecule has 0 heterocycles. The van der Waals surface area contributed by atoms with Crippen molar-refractivity contribution in [3.05, 3.63) is 215 Å². The molecule has 322 valence electrons. The Morgan fingerprint density at radius 3 is 1.66 bits per heavy atom. The maximum atomic E-state index is 2.70. The lowest BCUT2D eigenvalue weighted by Crippen LogP contribution is -2.49. The van der Waals surface area contributed by atoms with Crippen LogP contribution in [0.5, 0.6) is 0 Å². The van der Waals surface area contributed by atoms with Crippen molar-refractivity contribution >= 4 is 66.7 Å². The van der Waals surface area contributed by atoms with Crippen LogP contribution in [0.3, 0.4) is 0 Å². The van der Waals surface area contributed by atoms with Crippen molar-refractivity contribution in [2.45, 2.75) is 90.1 Å². The summed E-state index contributed by atoms with van der Waals surface area (Å²) in [6, 6.07) is 62.0. The Hall–Kier alpha value is -6.64. The number of aryl methyl sites for hydroxylation is 1. The van der Waals surface area contributed by atoms with Crippen LogP contribution in [-0.2, 0) is 17.4 Å². The van der Waals surface area contributed by atoms with Crippen LogP contribution in [0.15, 0.2) is 188 Å². The second kappa shape index (κ2) is 15.8. The number of hydrogen-bond donors (Lipinski definition) is 0. The molecule has 2 nitrogen and oxygen atoms in total. The third kappa shape index (κ3) is 6.75. The van der Waals surface area contributed by atoms with Crippen molar-refractivity contribution in [3.63, 3.8) is 0 Å². The molecular weight excluding hydrogens is 785 g/mol. The highest BCUT2D eigenvalue weighted by atomic mass is 15.2. The summed E-state index contributed by atoms with van der Waals surface area (Å²) in [5, 5.41) is 7.58. The van der Waals surface area contributed by atoms with Gasteiger partial charge in [-0.1, -0.05) is 173 Å². The van der Waals surface area contributed by atoms with Crippen LogP contribution in [0.2, 0.25) is 0 Å². The predicted molar refractivity (Wildman–Crippen MR) is 280 cm³/mol. The molecule has 0 saturated heterocycles. The molecule has 3 unspecified atom stereocenters. The number of fused-ring (bicyclic) bond motifs is 6. The molecule has 0 radical (unpaired) electrons. The molecule has 0 spiro atoms. The fraction of sp³-hybridized carbons (Fsp3) is 0.238. The van der Waals surface area contributed by atoms with E-state index in [1.807, 2.05) is 0 Å². The molecule has 0 fully saturated rings. The summed E-state index contributed by atoms with van der Waals surface area (Å²) in [6.45, 7) is 14.7. The minimum absolute atomic E-state index is 0.143.